The maximum Gasteiger partial charge on any atom is 0.220 e. The maximum atomic E-state index is 12.2. The van der Waals surface area contributed by atoms with Crippen LogP contribution in [0.3, 0.4) is 0 Å². The molecule has 0 aromatic heterocycles. The van der Waals surface area contributed by atoms with Crippen LogP contribution in [0.4, 0.5) is 0 Å². The summed E-state index contributed by atoms with van der Waals surface area (Å²) in [7, 11) is 0. The minimum atomic E-state index is 0.228. The van der Waals surface area contributed by atoms with E-state index in [4.69, 9.17) is 4.74 Å². The number of unbranched alkanes of at least 4 members (excludes halogenated alkanes) is 1. The van der Waals surface area contributed by atoms with E-state index in [-0.39, 0.29) is 5.91 Å². The molecule has 140 valence electrons. The van der Waals surface area contributed by atoms with Crippen molar-refractivity contribution in [3.63, 3.8) is 0 Å². The number of nitrogens with one attached hydrogen (secondary N) is 1. The van der Waals surface area contributed by atoms with Gasteiger partial charge in [-0.25, -0.2) is 0 Å². The number of amides is 1. The second kappa shape index (κ2) is 10.1. The van der Waals surface area contributed by atoms with Gasteiger partial charge in [0.2, 0.25) is 5.91 Å². The molecule has 1 N–H and O–H groups in total. The summed E-state index contributed by atoms with van der Waals surface area (Å²) < 4.78 is 5.36. The van der Waals surface area contributed by atoms with Crippen LogP contribution in [-0.2, 0) is 9.53 Å². The predicted molar refractivity (Wildman–Crippen MR) is 101 cm³/mol. The molecule has 2 atom stereocenters. The van der Waals surface area contributed by atoms with Crippen LogP contribution in [0.25, 0.3) is 0 Å². The lowest BCUT2D eigenvalue weighted by molar-refractivity contribution is -0.122. The fourth-order valence-electron chi connectivity index (χ4n) is 4.06. The van der Waals surface area contributed by atoms with Gasteiger partial charge in [0.15, 0.2) is 0 Å². The molecule has 1 fully saturated rings. The minimum Gasteiger partial charge on any atom is -0.379 e. The highest BCUT2D eigenvalue weighted by atomic mass is 16.5. The molecule has 3 rings (SSSR count). The lowest BCUT2D eigenvalue weighted by atomic mass is 9.84. The highest BCUT2D eigenvalue weighted by Crippen LogP contribution is 2.29. The fraction of sp³-hybridized carbons (Fsp3) is 0.800. The number of ether oxygens (including phenoxy) is 1. The molecule has 2 aliphatic heterocycles. The van der Waals surface area contributed by atoms with Crippen LogP contribution in [-0.4, -0.2) is 62.5 Å². The van der Waals surface area contributed by atoms with Gasteiger partial charge < -0.3 is 10.1 Å². The molecule has 0 radical (unpaired) electrons. The standard InChI is InChI=1S/C20H33N3O2/c24-20(5-1-2-11-23-12-14-25-15-13-23)22-19-8-6-17(7-9-19)18-4-3-10-21-16-18/h6,10,18-19H,1-5,7-9,11-16H2,(H,22,24)/t18-,19+/m0/s1. The Bertz CT molecular complexity index is 483. The average molecular weight is 348 g/mol. The molecule has 1 aliphatic carbocycles. The van der Waals surface area contributed by atoms with Gasteiger partial charge in [-0.1, -0.05) is 11.6 Å². The van der Waals surface area contributed by atoms with E-state index >= 15 is 0 Å². The Hall–Kier alpha value is -1.20. The molecule has 2 heterocycles. The van der Waals surface area contributed by atoms with Gasteiger partial charge in [0, 0.05) is 32.1 Å². The van der Waals surface area contributed by atoms with Crippen LogP contribution < -0.4 is 5.32 Å². The molecule has 1 saturated heterocycles. The zero-order valence-corrected chi connectivity index (χ0v) is 15.4. The van der Waals surface area contributed by atoms with Gasteiger partial charge in [-0.15, -0.1) is 0 Å². The minimum absolute atomic E-state index is 0.228. The first-order valence-electron chi connectivity index (χ1n) is 10.1. The van der Waals surface area contributed by atoms with E-state index < -0.39 is 0 Å². The Kier molecular flexibility index (Phi) is 7.49. The zero-order chi connectivity index (χ0) is 17.3. The number of morpholine rings is 1. The smallest absolute Gasteiger partial charge is 0.220 e. The predicted octanol–water partition coefficient (Wildman–Crippen LogP) is 2.56. The highest BCUT2D eigenvalue weighted by molar-refractivity contribution is 5.76. The van der Waals surface area contributed by atoms with Crippen molar-refractivity contribution in [2.45, 2.75) is 57.4 Å². The largest absolute Gasteiger partial charge is 0.379 e. The molecule has 0 aromatic carbocycles. The van der Waals surface area contributed by atoms with Crippen LogP contribution in [0.2, 0.25) is 0 Å². The van der Waals surface area contributed by atoms with Gasteiger partial charge in [-0.3, -0.25) is 14.7 Å². The number of hydrogen-bond acceptors (Lipinski definition) is 4. The van der Waals surface area contributed by atoms with E-state index in [1.807, 2.05) is 0 Å². The number of nitrogens with zero attached hydrogens (tertiary/aromatic N) is 2. The van der Waals surface area contributed by atoms with Crippen LogP contribution in [0.15, 0.2) is 16.6 Å². The van der Waals surface area contributed by atoms with E-state index in [0.717, 1.165) is 77.9 Å². The first-order chi connectivity index (χ1) is 12.3. The first-order valence-corrected chi connectivity index (χ1v) is 10.1. The van der Waals surface area contributed by atoms with Crippen LogP contribution in [0.1, 0.15) is 51.4 Å². The molecule has 5 heteroatoms. The molecule has 0 aromatic rings. The highest BCUT2D eigenvalue weighted by Gasteiger charge is 2.22. The molecular formula is C20H33N3O2. The Morgan fingerprint density at radius 3 is 2.88 bits per heavy atom. The quantitative estimate of drug-likeness (QED) is 0.569. The van der Waals surface area contributed by atoms with Crippen molar-refractivity contribution in [2.75, 3.05) is 39.4 Å². The Morgan fingerprint density at radius 1 is 1.28 bits per heavy atom. The number of rotatable bonds is 7. The summed E-state index contributed by atoms with van der Waals surface area (Å²) in [5.74, 6) is 0.882. The lowest BCUT2D eigenvalue weighted by Crippen LogP contribution is -2.37. The summed E-state index contributed by atoms with van der Waals surface area (Å²) >= 11 is 0. The van der Waals surface area contributed by atoms with Gasteiger partial charge in [0.1, 0.15) is 0 Å². The summed E-state index contributed by atoms with van der Waals surface area (Å²) in [5, 5.41) is 3.23. The SMILES string of the molecule is O=C(CCCCN1CCOCC1)N[C@@H]1CC=C([C@H]2CCC=NC2)CC1. The van der Waals surface area contributed by atoms with Crippen molar-refractivity contribution in [1.82, 2.24) is 10.2 Å². The van der Waals surface area contributed by atoms with E-state index in [1.165, 1.54) is 6.42 Å². The van der Waals surface area contributed by atoms with Crippen molar-refractivity contribution in [3.05, 3.63) is 11.6 Å². The van der Waals surface area contributed by atoms with Crippen molar-refractivity contribution in [3.8, 4) is 0 Å². The summed E-state index contributed by atoms with van der Waals surface area (Å²) in [5.41, 5.74) is 1.58. The topological polar surface area (TPSA) is 53.9 Å². The summed E-state index contributed by atoms with van der Waals surface area (Å²) in [6.45, 7) is 5.84. The zero-order valence-electron chi connectivity index (χ0n) is 15.4. The number of hydrogen-bond donors (Lipinski definition) is 1. The molecule has 0 spiro atoms. The van der Waals surface area contributed by atoms with E-state index in [2.05, 4.69) is 27.5 Å². The van der Waals surface area contributed by atoms with E-state index in [0.29, 0.717) is 18.4 Å². The lowest BCUT2D eigenvalue weighted by Gasteiger charge is -2.28. The van der Waals surface area contributed by atoms with E-state index in [9.17, 15) is 4.79 Å². The summed E-state index contributed by atoms with van der Waals surface area (Å²) in [6, 6.07) is 0.336. The third-order valence-electron chi connectivity index (χ3n) is 5.67. The Labute approximate surface area is 151 Å². The normalized spacial score (nSPS) is 27.8. The van der Waals surface area contributed by atoms with E-state index in [1.54, 1.807) is 5.57 Å². The van der Waals surface area contributed by atoms with Crippen LogP contribution >= 0.6 is 0 Å². The van der Waals surface area contributed by atoms with Crippen LogP contribution in [0.5, 0.6) is 0 Å². The molecule has 0 saturated carbocycles. The second-order valence-electron chi connectivity index (χ2n) is 7.55. The monoisotopic (exact) mass is 347 g/mol. The number of aliphatic imine (C=N–C) groups is 1. The van der Waals surface area contributed by atoms with Crippen LogP contribution in [0, 0.1) is 5.92 Å². The molecule has 0 unspecified atom stereocenters. The first kappa shape index (κ1) is 18.6. The van der Waals surface area contributed by atoms with Crippen molar-refractivity contribution in [2.24, 2.45) is 10.9 Å². The third kappa shape index (κ3) is 6.23. The molecule has 5 nitrogen and oxygen atoms in total. The summed E-state index contributed by atoms with van der Waals surface area (Å²) in [4.78, 5) is 19.0. The third-order valence-corrected chi connectivity index (χ3v) is 5.67. The van der Waals surface area contributed by atoms with Gasteiger partial charge in [0.25, 0.3) is 0 Å². The maximum absolute atomic E-state index is 12.2. The Balaban J connectivity index is 1.28. The Morgan fingerprint density at radius 2 is 2.16 bits per heavy atom. The fourth-order valence-corrected chi connectivity index (χ4v) is 4.06. The van der Waals surface area contributed by atoms with Gasteiger partial charge in [0.05, 0.1) is 13.2 Å². The van der Waals surface area contributed by atoms with Crippen molar-refractivity contribution >= 4 is 12.1 Å². The molecular weight excluding hydrogens is 314 g/mol. The summed E-state index contributed by atoms with van der Waals surface area (Å²) in [6.07, 6.45) is 12.8. The molecule has 1 amide bonds. The van der Waals surface area contributed by atoms with Crippen molar-refractivity contribution in [1.29, 1.82) is 0 Å². The van der Waals surface area contributed by atoms with Gasteiger partial charge in [-0.2, -0.15) is 0 Å². The second-order valence-corrected chi connectivity index (χ2v) is 7.55. The number of carbonyl (C=O) groups is 1. The number of carbonyl (C=O) groups excluding carboxylic acids is 1. The van der Waals surface area contributed by atoms with Gasteiger partial charge in [-0.05, 0) is 63.6 Å². The molecule has 25 heavy (non-hydrogen) atoms. The molecule has 3 aliphatic rings. The van der Waals surface area contributed by atoms with Crippen molar-refractivity contribution < 1.29 is 9.53 Å². The van der Waals surface area contributed by atoms with Gasteiger partial charge >= 0.3 is 0 Å². The molecule has 0 bridgehead atoms. The average Bonchev–Trinajstić information content (AvgIpc) is 2.67.